The fourth-order valence-corrected chi connectivity index (χ4v) is 2.46. The van der Waals surface area contributed by atoms with Gasteiger partial charge in [0.1, 0.15) is 11.9 Å². The van der Waals surface area contributed by atoms with Crippen LogP contribution in [0.15, 0.2) is 6.07 Å². The molecule has 2 rings (SSSR count). The first-order chi connectivity index (χ1) is 8.60. The Bertz CT molecular complexity index is 473. The second-order valence-electron chi connectivity index (χ2n) is 4.82. The van der Waals surface area contributed by atoms with Gasteiger partial charge in [-0.15, -0.1) is 0 Å². The molecule has 4 nitrogen and oxygen atoms in total. The first-order valence-electron chi connectivity index (χ1n) is 6.19. The summed E-state index contributed by atoms with van der Waals surface area (Å²) in [6, 6.07) is 4.45. The topological polar surface area (TPSA) is 74.7 Å². The van der Waals surface area contributed by atoms with E-state index in [1.54, 1.807) is 6.07 Å². The standard InChI is InChI=1S/C13H17ClN4/c1-8-9(7-15)6-12(14)13(17-8)18-11-4-2-10(16)3-5-11/h6,10-11H,2-5,16H2,1H3,(H,17,18). The number of rotatable bonds is 2. The van der Waals surface area contributed by atoms with Gasteiger partial charge in [0.25, 0.3) is 0 Å². The minimum Gasteiger partial charge on any atom is -0.366 e. The largest absolute Gasteiger partial charge is 0.366 e. The number of nitrogens with zero attached hydrogens (tertiary/aromatic N) is 2. The molecule has 5 heteroatoms. The zero-order valence-electron chi connectivity index (χ0n) is 10.4. The van der Waals surface area contributed by atoms with Gasteiger partial charge in [0.05, 0.1) is 16.3 Å². The molecule has 0 atom stereocenters. The third-order valence-corrected chi connectivity index (χ3v) is 3.69. The number of anilines is 1. The maximum absolute atomic E-state index is 8.90. The second-order valence-corrected chi connectivity index (χ2v) is 5.23. The Balaban J connectivity index is 2.10. The number of halogens is 1. The number of nitrogens with one attached hydrogen (secondary N) is 1. The van der Waals surface area contributed by atoms with E-state index in [2.05, 4.69) is 16.4 Å². The molecule has 3 N–H and O–H groups in total. The van der Waals surface area contributed by atoms with E-state index < -0.39 is 0 Å². The smallest absolute Gasteiger partial charge is 0.145 e. The van der Waals surface area contributed by atoms with Crippen molar-refractivity contribution in [3.63, 3.8) is 0 Å². The highest BCUT2D eigenvalue weighted by Gasteiger charge is 2.19. The van der Waals surface area contributed by atoms with E-state index in [1.165, 1.54) is 0 Å². The summed E-state index contributed by atoms with van der Waals surface area (Å²) in [6.45, 7) is 1.82. The van der Waals surface area contributed by atoms with E-state index >= 15 is 0 Å². The van der Waals surface area contributed by atoms with Crippen LogP contribution in [-0.2, 0) is 0 Å². The molecule has 18 heavy (non-hydrogen) atoms. The third-order valence-electron chi connectivity index (χ3n) is 3.40. The summed E-state index contributed by atoms with van der Waals surface area (Å²) in [5.41, 5.74) is 7.11. The van der Waals surface area contributed by atoms with Crippen molar-refractivity contribution in [1.29, 1.82) is 5.26 Å². The van der Waals surface area contributed by atoms with Gasteiger partial charge in [-0.05, 0) is 38.7 Å². The fraction of sp³-hybridized carbons (Fsp3) is 0.538. The van der Waals surface area contributed by atoms with Crippen LogP contribution >= 0.6 is 11.6 Å². The maximum atomic E-state index is 8.90. The molecule has 0 radical (unpaired) electrons. The Morgan fingerprint density at radius 1 is 1.44 bits per heavy atom. The molecule has 1 fully saturated rings. The van der Waals surface area contributed by atoms with Crippen LogP contribution in [0.25, 0.3) is 0 Å². The van der Waals surface area contributed by atoms with Crippen molar-refractivity contribution in [1.82, 2.24) is 4.98 Å². The number of hydrogen-bond acceptors (Lipinski definition) is 4. The molecule has 1 aliphatic rings. The summed E-state index contributed by atoms with van der Waals surface area (Å²) >= 11 is 6.13. The van der Waals surface area contributed by atoms with Crippen molar-refractivity contribution in [2.45, 2.75) is 44.7 Å². The van der Waals surface area contributed by atoms with Crippen molar-refractivity contribution in [3.05, 3.63) is 22.3 Å². The second kappa shape index (κ2) is 5.55. The number of nitriles is 1. The Morgan fingerprint density at radius 3 is 2.72 bits per heavy atom. The molecule has 0 unspecified atom stereocenters. The van der Waals surface area contributed by atoms with Crippen LogP contribution in [0, 0.1) is 18.3 Å². The molecule has 0 aliphatic heterocycles. The third kappa shape index (κ3) is 2.92. The van der Waals surface area contributed by atoms with Crippen LogP contribution in [0.3, 0.4) is 0 Å². The number of hydrogen-bond donors (Lipinski definition) is 2. The first kappa shape index (κ1) is 13.1. The lowest BCUT2D eigenvalue weighted by Crippen LogP contribution is -2.33. The van der Waals surface area contributed by atoms with Crippen LogP contribution in [-0.4, -0.2) is 17.1 Å². The average Bonchev–Trinajstić information content (AvgIpc) is 2.36. The number of aryl methyl sites for hydroxylation is 1. The summed E-state index contributed by atoms with van der Waals surface area (Å²) in [5.74, 6) is 0.675. The van der Waals surface area contributed by atoms with Crippen molar-refractivity contribution < 1.29 is 0 Å². The lowest BCUT2D eigenvalue weighted by molar-refractivity contribution is 0.410. The van der Waals surface area contributed by atoms with Gasteiger partial charge in [0.15, 0.2) is 0 Å². The maximum Gasteiger partial charge on any atom is 0.145 e. The van der Waals surface area contributed by atoms with Crippen molar-refractivity contribution >= 4 is 17.4 Å². The van der Waals surface area contributed by atoms with Gasteiger partial charge in [-0.1, -0.05) is 11.6 Å². The predicted octanol–water partition coefficient (Wildman–Crippen LogP) is 2.60. The molecule has 1 aromatic rings. The molecule has 0 amide bonds. The van der Waals surface area contributed by atoms with E-state index in [0.717, 1.165) is 25.7 Å². The van der Waals surface area contributed by atoms with E-state index in [9.17, 15) is 0 Å². The van der Waals surface area contributed by atoms with Crippen LogP contribution in [0.5, 0.6) is 0 Å². The number of nitrogens with two attached hydrogens (primary N) is 1. The molecular formula is C13H17ClN4. The minimum absolute atomic E-state index is 0.328. The quantitative estimate of drug-likeness (QED) is 0.861. The number of pyridine rings is 1. The fourth-order valence-electron chi connectivity index (χ4n) is 2.25. The van der Waals surface area contributed by atoms with Crippen molar-refractivity contribution in [2.24, 2.45) is 5.73 Å². The Morgan fingerprint density at radius 2 is 2.11 bits per heavy atom. The molecule has 1 heterocycles. The molecule has 0 bridgehead atoms. The lowest BCUT2D eigenvalue weighted by atomic mass is 9.92. The Hall–Kier alpha value is -1.31. The molecule has 0 aromatic carbocycles. The van der Waals surface area contributed by atoms with Gasteiger partial charge in [-0.3, -0.25) is 0 Å². The predicted molar refractivity (Wildman–Crippen MR) is 72.6 cm³/mol. The van der Waals surface area contributed by atoms with Gasteiger partial charge >= 0.3 is 0 Å². The van der Waals surface area contributed by atoms with Crippen molar-refractivity contribution in [2.75, 3.05) is 5.32 Å². The molecule has 0 saturated heterocycles. The van der Waals surface area contributed by atoms with Gasteiger partial charge < -0.3 is 11.1 Å². The Kier molecular flexibility index (Phi) is 4.05. The highest BCUT2D eigenvalue weighted by molar-refractivity contribution is 6.33. The van der Waals surface area contributed by atoms with Crippen LogP contribution in [0.4, 0.5) is 5.82 Å². The highest BCUT2D eigenvalue weighted by Crippen LogP contribution is 2.26. The van der Waals surface area contributed by atoms with Crippen LogP contribution in [0.2, 0.25) is 5.02 Å². The van der Waals surface area contributed by atoms with E-state index in [1.807, 2.05) is 6.92 Å². The summed E-state index contributed by atoms with van der Waals surface area (Å²) in [6.07, 6.45) is 4.14. The van der Waals surface area contributed by atoms with Gasteiger partial charge in [-0.2, -0.15) is 5.26 Å². The van der Waals surface area contributed by atoms with Crippen molar-refractivity contribution in [3.8, 4) is 6.07 Å². The molecular weight excluding hydrogens is 248 g/mol. The van der Waals surface area contributed by atoms with E-state index in [4.69, 9.17) is 22.6 Å². The van der Waals surface area contributed by atoms with Gasteiger partial charge in [0.2, 0.25) is 0 Å². The van der Waals surface area contributed by atoms with Crippen LogP contribution in [0.1, 0.15) is 36.9 Å². The van der Waals surface area contributed by atoms with Gasteiger partial charge in [0, 0.05) is 12.1 Å². The molecule has 1 saturated carbocycles. The molecule has 1 aliphatic carbocycles. The summed E-state index contributed by atoms with van der Waals surface area (Å²) < 4.78 is 0. The summed E-state index contributed by atoms with van der Waals surface area (Å²) in [5, 5.41) is 12.8. The van der Waals surface area contributed by atoms with Crippen LogP contribution < -0.4 is 11.1 Å². The average molecular weight is 265 g/mol. The molecule has 1 aromatic heterocycles. The summed E-state index contributed by atoms with van der Waals surface area (Å²) in [4.78, 5) is 4.36. The number of aromatic nitrogens is 1. The SMILES string of the molecule is Cc1nc(NC2CCC(N)CC2)c(Cl)cc1C#N. The molecule has 0 spiro atoms. The van der Waals surface area contributed by atoms with E-state index in [0.29, 0.717) is 34.2 Å². The first-order valence-corrected chi connectivity index (χ1v) is 6.57. The Labute approximate surface area is 112 Å². The zero-order valence-corrected chi connectivity index (χ0v) is 11.2. The normalized spacial score (nSPS) is 23.4. The monoisotopic (exact) mass is 264 g/mol. The van der Waals surface area contributed by atoms with E-state index in [-0.39, 0.29) is 0 Å². The minimum atomic E-state index is 0.328. The zero-order chi connectivity index (χ0) is 13.1. The van der Waals surface area contributed by atoms with Gasteiger partial charge in [-0.25, -0.2) is 4.98 Å². The lowest BCUT2D eigenvalue weighted by Gasteiger charge is -2.27. The molecule has 96 valence electrons. The summed E-state index contributed by atoms with van der Waals surface area (Å²) in [7, 11) is 0. The highest BCUT2D eigenvalue weighted by atomic mass is 35.5.